The Bertz CT molecular complexity index is 936. The van der Waals surface area contributed by atoms with Gasteiger partial charge in [0.2, 0.25) is 0 Å². The van der Waals surface area contributed by atoms with E-state index in [1.165, 1.54) is 5.56 Å². The fourth-order valence-electron chi connectivity index (χ4n) is 4.53. The Labute approximate surface area is 165 Å². The average Bonchev–Trinajstić information content (AvgIpc) is 3.00. The Morgan fingerprint density at radius 2 is 2.07 bits per heavy atom. The molecule has 0 aliphatic carbocycles. The number of hydrogen-bond donors (Lipinski definition) is 2. The zero-order valence-corrected chi connectivity index (χ0v) is 16.8. The molecule has 2 aliphatic rings. The summed E-state index contributed by atoms with van der Waals surface area (Å²) in [4.78, 5) is 29.2. The van der Waals surface area contributed by atoms with Gasteiger partial charge in [0.05, 0.1) is 11.6 Å². The van der Waals surface area contributed by atoms with Crippen molar-refractivity contribution in [3.05, 3.63) is 35.4 Å². The van der Waals surface area contributed by atoms with E-state index in [1.54, 1.807) is 0 Å². The maximum absolute atomic E-state index is 12.6. The molecular formula is C22H28N4O2. The molecule has 6 heteroatoms. The lowest BCUT2D eigenvalue weighted by Crippen LogP contribution is -2.52. The summed E-state index contributed by atoms with van der Waals surface area (Å²) in [6, 6.07) is 8.14. The van der Waals surface area contributed by atoms with Crippen LogP contribution in [-0.4, -0.2) is 49.1 Å². The second-order valence-corrected chi connectivity index (χ2v) is 7.57. The van der Waals surface area contributed by atoms with E-state index in [-0.39, 0.29) is 18.0 Å². The number of urea groups is 1. The third-order valence-electron chi connectivity index (χ3n) is 5.85. The van der Waals surface area contributed by atoms with Crippen molar-refractivity contribution in [1.29, 1.82) is 0 Å². The molecule has 0 radical (unpaired) electrons. The van der Waals surface area contributed by atoms with Crippen molar-refractivity contribution in [2.45, 2.75) is 39.7 Å². The van der Waals surface area contributed by atoms with Gasteiger partial charge in [-0.15, -0.1) is 0 Å². The van der Waals surface area contributed by atoms with Gasteiger partial charge in [-0.25, -0.2) is 4.79 Å². The van der Waals surface area contributed by atoms with Crippen molar-refractivity contribution in [3.63, 3.8) is 0 Å². The highest BCUT2D eigenvalue weighted by Crippen LogP contribution is 2.41. The summed E-state index contributed by atoms with van der Waals surface area (Å²) in [6.45, 7) is 9.22. The lowest BCUT2D eigenvalue weighted by atomic mass is 9.90. The van der Waals surface area contributed by atoms with Crippen LogP contribution in [0.4, 0.5) is 16.2 Å². The van der Waals surface area contributed by atoms with Crippen molar-refractivity contribution in [2.24, 2.45) is 0 Å². The third kappa shape index (κ3) is 2.97. The first-order valence-corrected chi connectivity index (χ1v) is 10.3. The summed E-state index contributed by atoms with van der Waals surface area (Å²) in [5.41, 5.74) is 4.00. The van der Waals surface area contributed by atoms with Gasteiger partial charge in [0, 0.05) is 42.9 Å². The number of hydrogen-bond acceptors (Lipinski definition) is 3. The van der Waals surface area contributed by atoms with Crippen LogP contribution in [-0.2, 0) is 6.42 Å². The highest BCUT2D eigenvalue weighted by atomic mass is 16.2. The molecule has 2 heterocycles. The van der Waals surface area contributed by atoms with Gasteiger partial charge in [-0.05, 0) is 49.8 Å². The minimum absolute atomic E-state index is 0.00215. The summed E-state index contributed by atoms with van der Waals surface area (Å²) >= 11 is 0. The predicted octanol–water partition coefficient (Wildman–Crippen LogP) is 3.60. The third-order valence-corrected chi connectivity index (χ3v) is 5.85. The maximum atomic E-state index is 12.6. The highest BCUT2D eigenvalue weighted by molar-refractivity contribution is 6.25. The van der Waals surface area contributed by atoms with Gasteiger partial charge in [-0.2, -0.15) is 0 Å². The second-order valence-electron chi connectivity index (χ2n) is 7.57. The summed E-state index contributed by atoms with van der Waals surface area (Å²) in [7, 11) is 0. The fraction of sp³-hybridized carbons (Fsp3) is 0.455. The van der Waals surface area contributed by atoms with Crippen LogP contribution in [0.3, 0.4) is 0 Å². The Kier molecular flexibility index (Phi) is 4.87. The topological polar surface area (TPSA) is 64.7 Å². The molecule has 0 spiro atoms. The molecule has 2 N–H and O–H groups in total. The van der Waals surface area contributed by atoms with E-state index in [4.69, 9.17) is 0 Å². The lowest BCUT2D eigenvalue weighted by Gasteiger charge is -2.38. The SMILES string of the molecule is CCCN1C[C@@H](NC(=O)N(CC)CC)Cc2c1cc1c3c(cccc23)NC1=O. The van der Waals surface area contributed by atoms with Crippen LogP contribution in [0, 0.1) is 0 Å². The Balaban J connectivity index is 1.75. The monoisotopic (exact) mass is 380 g/mol. The molecule has 4 rings (SSSR count). The molecule has 0 saturated heterocycles. The van der Waals surface area contributed by atoms with Crippen LogP contribution >= 0.6 is 0 Å². The van der Waals surface area contributed by atoms with E-state index in [0.29, 0.717) is 13.1 Å². The number of carbonyl (C=O) groups excluding carboxylic acids is 2. The number of carbonyl (C=O) groups is 2. The Hall–Kier alpha value is -2.76. The Morgan fingerprint density at radius 1 is 1.29 bits per heavy atom. The van der Waals surface area contributed by atoms with Crippen molar-refractivity contribution in [3.8, 4) is 0 Å². The van der Waals surface area contributed by atoms with E-state index < -0.39 is 0 Å². The molecule has 6 nitrogen and oxygen atoms in total. The summed E-state index contributed by atoms with van der Waals surface area (Å²) in [5, 5.41) is 8.34. The van der Waals surface area contributed by atoms with Gasteiger partial charge >= 0.3 is 6.03 Å². The van der Waals surface area contributed by atoms with Crippen LogP contribution in [0.25, 0.3) is 10.8 Å². The second kappa shape index (κ2) is 7.34. The van der Waals surface area contributed by atoms with Gasteiger partial charge < -0.3 is 20.4 Å². The van der Waals surface area contributed by atoms with Gasteiger partial charge in [0.15, 0.2) is 0 Å². The molecule has 0 bridgehead atoms. The van der Waals surface area contributed by atoms with Gasteiger partial charge in [-0.1, -0.05) is 19.1 Å². The minimum atomic E-state index is -0.0255. The summed E-state index contributed by atoms with van der Waals surface area (Å²) in [5.74, 6) is -0.0255. The van der Waals surface area contributed by atoms with Crippen molar-refractivity contribution in [1.82, 2.24) is 10.2 Å². The molecule has 148 valence electrons. The number of rotatable bonds is 5. The fourth-order valence-corrected chi connectivity index (χ4v) is 4.53. The molecule has 28 heavy (non-hydrogen) atoms. The Morgan fingerprint density at radius 3 is 2.79 bits per heavy atom. The molecular weight excluding hydrogens is 352 g/mol. The normalized spacial score (nSPS) is 17.5. The van der Waals surface area contributed by atoms with E-state index in [9.17, 15) is 9.59 Å². The summed E-state index contributed by atoms with van der Waals surface area (Å²) < 4.78 is 0. The molecule has 0 saturated carbocycles. The van der Waals surface area contributed by atoms with E-state index in [1.807, 2.05) is 36.9 Å². The standard InChI is InChI=1S/C22H28N4O2/c1-4-10-26-13-14(23-22(28)25(5-2)6-3)11-16-15-8-7-9-18-20(15)17(12-19(16)26)21(27)24-18/h7-9,12,14H,4-6,10-11,13H2,1-3H3,(H,23,28)(H,24,27)/t14-/m0/s1. The average molecular weight is 380 g/mol. The van der Waals surface area contributed by atoms with E-state index in [0.717, 1.165) is 53.6 Å². The number of amides is 3. The van der Waals surface area contributed by atoms with Crippen molar-refractivity contribution >= 4 is 34.1 Å². The van der Waals surface area contributed by atoms with E-state index in [2.05, 4.69) is 28.5 Å². The quantitative estimate of drug-likeness (QED) is 0.833. The number of benzene rings is 2. The van der Waals surface area contributed by atoms with Crippen LogP contribution in [0.2, 0.25) is 0 Å². The molecule has 2 aromatic carbocycles. The lowest BCUT2D eigenvalue weighted by molar-refractivity contribution is 0.103. The summed E-state index contributed by atoms with van der Waals surface area (Å²) in [6.07, 6.45) is 1.78. The van der Waals surface area contributed by atoms with Crippen LogP contribution < -0.4 is 15.5 Å². The van der Waals surface area contributed by atoms with Gasteiger partial charge in [0.1, 0.15) is 0 Å². The molecule has 1 atom stereocenters. The molecule has 0 unspecified atom stereocenters. The molecule has 3 amide bonds. The number of nitrogens with one attached hydrogen (secondary N) is 2. The predicted molar refractivity (Wildman–Crippen MR) is 113 cm³/mol. The van der Waals surface area contributed by atoms with Gasteiger partial charge in [0.25, 0.3) is 5.91 Å². The molecule has 2 aromatic rings. The van der Waals surface area contributed by atoms with Crippen LogP contribution in [0.1, 0.15) is 43.1 Å². The first-order valence-electron chi connectivity index (χ1n) is 10.3. The number of fused-ring (bicyclic) bond motifs is 2. The highest BCUT2D eigenvalue weighted by Gasteiger charge is 2.32. The number of nitrogens with zero attached hydrogens (tertiary/aromatic N) is 2. The minimum Gasteiger partial charge on any atom is -0.369 e. The smallest absolute Gasteiger partial charge is 0.317 e. The van der Waals surface area contributed by atoms with Crippen LogP contribution in [0.5, 0.6) is 0 Å². The van der Waals surface area contributed by atoms with Crippen LogP contribution in [0.15, 0.2) is 24.3 Å². The van der Waals surface area contributed by atoms with E-state index >= 15 is 0 Å². The molecule has 0 fully saturated rings. The molecule has 0 aromatic heterocycles. The van der Waals surface area contributed by atoms with Gasteiger partial charge in [-0.3, -0.25) is 4.79 Å². The number of anilines is 2. The van der Waals surface area contributed by atoms with Crippen molar-refractivity contribution in [2.75, 3.05) is 36.4 Å². The molecule has 2 aliphatic heterocycles. The van der Waals surface area contributed by atoms with Crippen molar-refractivity contribution < 1.29 is 9.59 Å². The first-order chi connectivity index (χ1) is 13.6. The zero-order valence-electron chi connectivity index (χ0n) is 16.8. The maximum Gasteiger partial charge on any atom is 0.317 e. The first kappa shape index (κ1) is 18.6. The largest absolute Gasteiger partial charge is 0.369 e. The zero-order chi connectivity index (χ0) is 19.8.